The van der Waals surface area contributed by atoms with Gasteiger partial charge in [-0.3, -0.25) is 0 Å². The standard InChI is InChI=1S/C15H25N/c1-11(2)16-8-6-7-15-10-13(4)12(3)9-14(15)5/h9-11,16H,6-8H2,1-5H3. The fourth-order valence-electron chi connectivity index (χ4n) is 1.96. The highest BCUT2D eigenvalue weighted by atomic mass is 14.9. The zero-order chi connectivity index (χ0) is 12.1. The number of benzene rings is 1. The van der Waals surface area contributed by atoms with Gasteiger partial charge >= 0.3 is 0 Å². The van der Waals surface area contributed by atoms with E-state index < -0.39 is 0 Å². The molecule has 0 radical (unpaired) electrons. The van der Waals surface area contributed by atoms with Crippen LogP contribution in [0.3, 0.4) is 0 Å². The number of nitrogens with one attached hydrogen (secondary N) is 1. The zero-order valence-electron chi connectivity index (χ0n) is 11.4. The Morgan fingerprint density at radius 2 is 1.62 bits per heavy atom. The molecule has 0 fully saturated rings. The monoisotopic (exact) mass is 219 g/mol. The Morgan fingerprint density at radius 3 is 2.25 bits per heavy atom. The van der Waals surface area contributed by atoms with Gasteiger partial charge in [0.15, 0.2) is 0 Å². The third-order valence-electron chi connectivity index (χ3n) is 3.13. The number of hydrogen-bond donors (Lipinski definition) is 1. The van der Waals surface area contributed by atoms with E-state index in [1.54, 1.807) is 0 Å². The van der Waals surface area contributed by atoms with Crippen molar-refractivity contribution in [2.45, 2.75) is 53.5 Å². The van der Waals surface area contributed by atoms with Gasteiger partial charge in [-0.2, -0.15) is 0 Å². The first-order valence-electron chi connectivity index (χ1n) is 6.31. The normalized spacial score (nSPS) is 11.1. The van der Waals surface area contributed by atoms with E-state index in [4.69, 9.17) is 0 Å². The summed E-state index contributed by atoms with van der Waals surface area (Å²) in [6.07, 6.45) is 2.41. The van der Waals surface area contributed by atoms with E-state index in [0.29, 0.717) is 6.04 Å². The third-order valence-corrected chi connectivity index (χ3v) is 3.13. The Bertz CT molecular complexity index is 340. The van der Waals surface area contributed by atoms with Gasteiger partial charge in [0.2, 0.25) is 0 Å². The Balaban J connectivity index is 2.51. The van der Waals surface area contributed by atoms with Crippen molar-refractivity contribution in [1.82, 2.24) is 5.32 Å². The molecule has 0 aromatic heterocycles. The Kier molecular flexibility index (Phi) is 5.01. The van der Waals surface area contributed by atoms with Gasteiger partial charge in [-0.1, -0.05) is 26.0 Å². The van der Waals surface area contributed by atoms with E-state index >= 15 is 0 Å². The molecule has 1 heteroatoms. The van der Waals surface area contributed by atoms with Crippen molar-refractivity contribution in [2.24, 2.45) is 0 Å². The first-order valence-corrected chi connectivity index (χ1v) is 6.31. The lowest BCUT2D eigenvalue weighted by Gasteiger charge is -2.11. The molecule has 0 bridgehead atoms. The van der Waals surface area contributed by atoms with Crippen molar-refractivity contribution in [3.05, 3.63) is 34.4 Å². The van der Waals surface area contributed by atoms with Crippen LogP contribution in [0.2, 0.25) is 0 Å². The molecule has 0 aliphatic carbocycles. The van der Waals surface area contributed by atoms with Crippen LogP contribution in [0, 0.1) is 20.8 Å². The van der Waals surface area contributed by atoms with Gasteiger partial charge in [-0.05, 0) is 62.4 Å². The molecule has 1 N–H and O–H groups in total. The predicted molar refractivity (Wildman–Crippen MR) is 72.1 cm³/mol. The highest BCUT2D eigenvalue weighted by Gasteiger charge is 2.02. The summed E-state index contributed by atoms with van der Waals surface area (Å²) in [6, 6.07) is 5.25. The van der Waals surface area contributed by atoms with E-state index in [2.05, 4.69) is 52.1 Å². The van der Waals surface area contributed by atoms with Gasteiger partial charge in [0, 0.05) is 6.04 Å². The Morgan fingerprint density at radius 1 is 1.00 bits per heavy atom. The van der Waals surface area contributed by atoms with Crippen molar-refractivity contribution < 1.29 is 0 Å². The third kappa shape index (κ3) is 3.97. The van der Waals surface area contributed by atoms with Crippen molar-refractivity contribution in [3.63, 3.8) is 0 Å². The predicted octanol–water partition coefficient (Wildman–Crippen LogP) is 3.54. The van der Waals surface area contributed by atoms with E-state index in [9.17, 15) is 0 Å². The van der Waals surface area contributed by atoms with Crippen LogP contribution in [0.15, 0.2) is 12.1 Å². The molecule has 0 aliphatic rings. The fraction of sp³-hybridized carbons (Fsp3) is 0.600. The molecule has 1 aromatic carbocycles. The van der Waals surface area contributed by atoms with E-state index in [0.717, 1.165) is 6.54 Å². The molecule has 0 aliphatic heterocycles. The van der Waals surface area contributed by atoms with Crippen molar-refractivity contribution in [2.75, 3.05) is 6.54 Å². The van der Waals surface area contributed by atoms with Crippen molar-refractivity contribution >= 4 is 0 Å². The van der Waals surface area contributed by atoms with Crippen LogP contribution in [-0.2, 0) is 6.42 Å². The second kappa shape index (κ2) is 6.05. The molecular formula is C15H25N. The summed E-state index contributed by atoms with van der Waals surface area (Å²) in [5, 5.41) is 3.46. The van der Waals surface area contributed by atoms with Gasteiger partial charge in [0.1, 0.15) is 0 Å². The summed E-state index contributed by atoms with van der Waals surface area (Å²) in [4.78, 5) is 0. The Hall–Kier alpha value is -0.820. The molecule has 1 nitrogen and oxygen atoms in total. The second-order valence-corrected chi connectivity index (χ2v) is 5.08. The van der Waals surface area contributed by atoms with E-state index in [-0.39, 0.29) is 0 Å². The van der Waals surface area contributed by atoms with Gasteiger partial charge in [-0.25, -0.2) is 0 Å². The highest BCUT2D eigenvalue weighted by molar-refractivity contribution is 5.36. The molecule has 0 amide bonds. The minimum Gasteiger partial charge on any atom is -0.315 e. The van der Waals surface area contributed by atoms with Crippen LogP contribution in [0.4, 0.5) is 0 Å². The van der Waals surface area contributed by atoms with Crippen LogP contribution in [0.1, 0.15) is 42.5 Å². The highest BCUT2D eigenvalue weighted by Crippen LogP contribution is 2.16. The summed E-state index contributed by atoms with van der Waals surface area (Å²) in [6.45, 7) is 12.1. The molecular weight excluding hydrogens is 194 g/mol. The van der Waals surface area contributed by atoms with Crippen LogP contribution in [-0.4, -0.2) is 12.6 Å². The fourth-order valence-corrected chi connectivity index (χ4v) is 1.96. The van der Waals surface area contributed by atoms with Crippen molar-refractivity contribution in [1.29, 1.82) is 0 Å². The summed E-state index contributed by atoms with van der Waals surface area (Å²) in [5.74, 6) is 0. The molecule has 1 aromatic rings. The lowest BCUT2D eigenvalue weighted by atomic mass is 9.98. The SMILES string of the molecule is Cc1cc(C)c(CCCNC(C)C)cc1C. The van der Waals surface area contributed by atoms with E-state index in [1.165, 1.54) is 35.1 Å². The van der Waals surface area contributed by atoms with Crippen molar-refractivity contribution in [3.8, 4) is 0 Å². The molecule has 0 spiro atoms. The lowest BCUT2D eigenvalue weighted by molar-refractivity contribution is 0.570. The average molecular weight is 219 g/mol. The summed E-state index contributed by atoms with van der Waals surface area (Å²) in [7, 11) is 0. The van der Waals surface area contributed by atoms with Gasteiger partial charge in [0.25, 0.3) is 0 Å². The quantitative estimate of drug-likeness (QED) is 0.747. The molecule has 0 atom stereocenters. The molecule has 0 saturated carbocycles. The van der Waals surface area contributed by atoms with Crippen LogP contribution < -0.4 is 5.32 Å². The number of aryl methyl sites for hydroxylation is 4. The maximum atomic E-state index is 3.46. The first-order chi connectivity index (χ1) is 7.50. The largest absolute Gasteiger partial charge is 0.315 e. The maximum absolute atomic E-state index is 3.46. The minimum atomic E-state index is 0.598. The molecule has 90 valence electrons. The Labute approximate surface area is 100 Å². The lowest BCUT2D eigenvalue weighted by Crippen LogP contribution is -2.24. The summed E-state index contributed by atoms with van der Waals surface area (Å²) in [5.41, 5.74) is 5.76. The average Bonchev–Trinajstić information content (AvgIpc) is 2.19. The molecule has 1 rings (SSSR count). The number of hydrogen-bond acceptors (Lipinski definition) is 1. The second-order valence-electron chi connectivity index (χ2n) is 5.08. The van der Waals surface area contributed by atoms with Gasteiger partial charge in [-0.15, -0.1) is 0 Å². The zero-order valence-corrected chi connectivity index (χ0v) is 11.4. The molecule has 0 saturated heterocycles. The van der Waals surface area contributed by atoms with Gasteiger partial charge in [0.05, 0.1) is 0 Å². The smallest absolute Gasteiger partial charge is 0.00103 e. The van der Waals surface area contributed by atoms with Crippen LogP contribution >= 0.6 is 0 Å². The van der Waals surface area contributed by atoms with Crippen LogP contribution in [0.5, 0.6) is 0 Å². The molecule has 0 unspecified atom stereocenters. The molecule has 16 heavy (non-hydrogen) atoms. The summed E-state index contributed by atoms with van der Waals surface area (Å²) < 4.78 is 0. The summed E-state index contributed by atoms with van der Waals surface area (Å²) >= 11 is 0. The van der Waals surface area contributed by atoms with Gasteiger partial charge < -0.3 is 5.32 Å². The molecule has 0 heterocycles. The minimum absolute atomic E-state index is 0.598. The first kappa shape index (κ1) is 13.2. The maximum Gasteiger partial charge on any atom is 0.00103 e. The number of rotatable bonds is 5. The van der Waals surface area contributed by atoms with Crippen LogP contribution in [0.25, 0.3) is 0 Å². The van der Waals surface area contributed by atoms with E-state index in [1.807, 2.05) is 0 Å². The topological polar surface area (TPSA) is 12.0 Å².